The van der Waals surface area contributed by atoms with Gasteiger partial charge in [-0.25, -0.2) is 0 Å². The van der Waals surface area contributed by atoms with Crippen LogP contribution < -0.4 is 0 Å². The number of hydrogen-bond donors (Lipinski definition) is 0. The molecule has 0 bridgehead atoms. The van der Waals surface area contributed by atoms with Crippen molar-refractivity contribution in [1.82, 2.24) is 0 Å². The van der Waals surface area contributed by atoms with E-state index in [2.05, 4.69) is 13.4 Å². The molecule has 2 nitrogen and oxygen atoms in total. The summed E-state index contributed by atoms with van der Waals surface area (Å²) in [6, 6.07) is 0. The second-order valence-corrected chi connectivity index (χ2v) is 0. The molecule has 41 valence electrons. The van der Waals surface area contributed by atoms with Gasteiger partial charge in [0.15, 0.2) is 0 Å². The Morgan fingerprint density at radius 3 is 1.29 bits per heavy atom. The molecule has 1 radical (unpaired) electrons. The molecule has 0 aromatic carbocycles. The Hall–Kier alpha value is 0.449. The molecule has 0 unspecified atom stereocenters. The Kier molecular flexibility index (Phi) is 7010. The molecular weight excluding hydrogens is 180 g/mol. The molecule has 0 saturated heterocycles. The third-order valence-corrected chi connectivity index (χ3v) is 0. The van der Waals surface area contributed by atoms with Gasteiger partial charge in [0.1, 0.15) is 0 Å². The predicted molar refractivity (Wildman–Crippen MR) is 17.4 cm³/mol. The summed E-state index contributed by atoms with van der Waals surface area (Å²) in [4.78, 5) is 7.75. The van der Waals surface area contributed by atoms with Crippen LogP contribution in [0.2, 0.25) is 0 Å². The van der Waals surface area contributed by atoms with Crippen molar-refractivity contribution < 1.29 is 43.6 Å². The molecule has 0 aromatic rings. The van der Waals surface area contributed by atoms with Crippen molar-refractivity contribution in [2.24, 2.45) is 0 Å². The molecule has 0 aliphatic carbocycles. The van der Waals surface area contributed by atoms with E-state index in [1.54, 1.807) is 0 Å². The zero-order valence-electron chi connectivity index (χ0n) is 2.60. The maximum atomic E-state index is 7.75. The van der Waals surface area contributed by atoms with E-state index < -0.39 is 0 Å². The van der Waals surface area contributed by atoms with Gasteiger partial charge >= 0.3 is 45.4 Å². The van der Waals surface area contributed by atoms with Gasteiger partial charge in [-0.15, -0.1) is 0 Å². The average molecular weight is 185 g/mol. The third kappa shape index (κ3) is 633. The summed E-state index contributed by atoms with van der Waals surface area (Å²) in [7, 11) is 0. The van der Waals surface area contributed by atoms with E-state index in [1.807, 2.05) is 0 Å². The average Bonchev–Trinajstić information content (AvgIpc) is 1.50. The van der Waals surface area contributed by atoms with Gasteiger partial charge < -0.3 is 4.79 Å². The number of carbonyl (C=O) groups excluding carboxylic acids is 1. The normalized spacial score (nSPS) is 0.857. The molecule has 0 heterocycles. The Balaban J connectivity index is -0.00000000267. The summed E-state index contributed by atoms with van der Waals surface area (Å²) in [5.74, 6) is 0. The van der Waals surface area contributed by atoms with Gasteiger partial charge in [0.2, 0.25) is 0 Å². The Bertz CT molecular complexity index is 22.1. The molecule has 0 aliphatic heterocycles. The molecule has 0 spiro atoms. The van der Waals surface area contributed by atoms with E-state index in [4.69, 9.17) is 9.45 Å². The van der Waals surface area contributed by atoms with E-state index in [0.717, 1.165) is 0 Å². The van der Waals surface area contributed by atoms with E-state index in [9.17, 15) is 0 Å². The second-order valence-electron chi connectivity index (χ2n) is 0. The number of hydrogen-bond acceptors (Lipinski definition) is 1. The summed E-state index contributed by atoms with van der Waals surface area (Å²) < 4.78 is 7.50. The molecule has 0 amide bonds. The van der Waals surface area contributed by atoms with Crippen LogP contribution in [-0.2, 0) is 43.6 Å². The number of rotatable bonds is 0. The molecule has 0 atom stereocenters. The zero-order chi connectivity index (χ0) is 4.00. The Morgan fingerprint density at radius 1 is 1.29 bits per heavy atom. The van der Waals surface area contributed by atoms with Crippen LogP contribution in [0.25, 0.3) is 0 Å². The van der Waals surface area contributed by atoms with Crippen LogP contribution in [0.5, 0.6) is 0 Å². The maximum Gasteiger partial charge on any atom is 3.00 e. The molecule has 0 aromatic heterocycles. The van der Waals surface area contributed by atoms with E-state index in [0.29, 0.717) is 0 Å². The van der Waals surface area contributed by atoms with Gasteiger partial charge in [-0.3, -0.25) is 6.79 Å². The topological polar surface area (TPSA) is 37.0 Å². The van der Waals surface area contributed by atoms with Crippen molar-refractivity contribution in [3.05, 3.63) is 6.65 Å². The van der Waals surface area contributed by atoms with E-state index in [-0.39, 0.29) is 41.6 Å². The van der Waals surface area contributed by atoms with Gasteiger partial charge in [-0.2, -0.15) is 0 Å². The minimum absolute atomic E-state index is 0. The van der Waals surface area contributed by atoms with Crippen LogP contribution in [0.15, 0.2) is 0 Å². The summed E-state index contributed by atoms with van der Waals surface area (Å²) in [5, 5.41) is 0. The Morgan fingerprint density at radius 2 is 1.29 bits per heavy atom. The van der Waals surface area contributed by atoms with Crippen LogP contribution >= 0.6 is 0 Å². The van der Waals surface area contributed by atoms with Crippen LogP contribution in [0.3, 0.4) is 0 Å². The standard InChI is InChI=1S/CHO.CO.CH4.2Fe/c2*1-2;;;/h1H;;1H4;;/q-1;;;+2;+3. The molecule has 7 heavy (non-hydrogen) atoms. The van der Waals surface area contributed by atoms with Crippen LogP contribution in [0.4, 0.5) is 0 Å². The molecule has 0 aliphatic rings. The SMILES string of the molecule is C.[C-]#[O+].[CH-]=O.[Fe+2].[Fe+3]. The van der Waals surface area contributed by atoms with Crippen molar-refractivity contribution in [3.63, 3.8) is 0 Å². The zero-order valence-corrected chi connectivity index (χ0v) is 4.81. The smallest absolute Gasteiger partial charge is 0.545 e. The first-order valence-electron chi connectivity index (χ1n) is 0.440. The fraction of sp³-hybridized carbons (Fsp3) is 0.333. The van der Waals surface area contributed by atoms with Crippen LogP contribution in [-0.4, -0.2) is 6.79 Å². The molecule has 0 rings (SSSR count). The van der Waals surface area contributed by atoms with Crippen molar-refractivity contribution >= 4 is 6.79 Å². The summed E-state index contributed by atoms with van der Waals surface area (Å²) >= 11 is 0. The summed E-state index contributed by atoms with van der Waals surface area (Å²) in [5.41, 5.74) is 0. The van der Waals surface area contributed by atoms with Crippen molar-refractivity contribution in [1.29, 1.82) is 0 Å². The first-order chi connectivity index (χ1) is 2.00. The predicted octanol–water partition coefficient (Wildman–Crippen LogP) is 0.319. The largest absolute Gasteiger partial charge is 3.00 e. The molecular formula is C3H5Fe2O2+4. The monoisotopic (exact) mass is 185 g/mol. The van der Waals surface area contributed by atoms with Crippen molar-refractivity contribution in [3.8, 4) is 0 Å². The third-order valence-electron chi connectivity index (χ3n) is 0. The van der Waals surface area contributed by atoms with E-state index >= 15 is 0 Å². The molecule has 0 fully saturated rings. The van der Waals surface area contributed by atoms with Gasteiger partial charge in [0.05, 0.1) is 0 Å². The van der Waals surface area contributed by atoms with Crippen LogP contribution in [0.1, 0.15) is 7.43 Å². The summed E-state index contributed by atoms with van der Waals surface area (Å²) in [6.45, 7) is 7.75. The minimum atomic E-state index is 0. The van der Waals surface area contributed by atoms with Crippen molar-refractivity contribution in [2.45, 2.75) is 7.43 Å². The van der Waals surface area contributed by atoms with Crippen LogP contribution in [0, 0.1) is 6.65 Å². The van der Waals surface area contributed by atoms with Gasteiger partial charge in [0, 0.05) is 0 Å². The summed E-state index contributed by atoms with van der Waals surface area (Å²) in [6.07, 6.45) is 0. The molecule has 0 saturated carbocycles. The fourth-order valence-corrected chi connectivity index (χ4v) is 0. The quantitative estimate of drug-likeness (QED) is 0.231. The fourth-order valence-electron chi connectivity index (χ4n) is 0. The first-order valence-corrected chi connectivity index (χ1v) is 0.440. The Labute approximate surface area is 64.7 Å². The van der Waals surface area contributed by atoms with E-state index in [1.165, 1.54) is 0 Å². The van der Waals surface area contributed by atoms with Gasteiger partial charge in [-0.05, 0) is 0 Å². The first kappa shape index (κ1) is 51.7. The minimum Gasteiger partial charge on any atom is -0.545 e. The molecule has 0 N–H and O–H groups in total. The second kappa shape index (κ2) is 950. The maximum absolute atomic E-state index is 7.75. The van der Waals surface area contributed by atoms with Crippen molar-refractivity contribution in [2.75, 3.05) is 0 Å². The molecule has 4 heteroatoms. The van der Waals surface area contributed by atoms with Gasteiger partial charge in [0.25, 0.3) is 0 Å². The van der Waals surface area contributed by atoms with Gasteiger partial charge in [-0.1, -0.05) is 7.43 Å².